The van der Waals surface area contributed by atoms with Crippen molar-refractivity contribution in [3.05, 3.63) is 67.8 Å². The molecule has 0 radical (unpaired) electrons. The molecule has 3 aromatic rings. The minimum Gasteiger partial charge on any atom is -0.436 e. The molecule has 0 spiro atoms. The number of amides is 2. The Morgan fingerprint density at radius 3 is 2.06 bits per heavy atom. The Morgan fingerprint density at radius 1 is 0.871 bits per heavy atom. The van der Waals surface area contributed by atoms with E-state index in [1.54, 1.807) is 42.5 Å². The molecule has 8 nitrogen and oxygen atoms in total. The van der Waals surface area contributed by atoms with E-state index in [9.17, 15) is 9.59 Å². The highest BCUT2D eigenvalue weighted by Gasteiger charge is 2.10. The van der Waals surface area contributed by atoms with Gasteiger partial charge in [-0.25, -0.2) is 4.98 Å². The van der Waals surface area contributed by atoms with Crippen molar-refractivity contribution in [2.75, 3.05) is 36.8 Å². The molecule has 0 saturated carbocycles. The number of oxazole rings is 1. The summed E-state index contributed by atoms with van der Waals surface area (Å²) >= 11 is 0. The van der Waals surface area contributed by atoms with E-state index in [4.69, 9.17) is 4.42 Å². The number of nitrogens with one attached hydrogen (secondary N) is 4. The highest BCUT2D eigenvalue weighted by atomic mass is 16.3. The Hall–Kier alpha value is -3.75. The molecule has 0 fully saturated rings. The molecule has 2 aromatic carbocycles. The predicted molar refractivity (Wildman–Crippen MR) is 123 cm³/mol. The number of benzene rings is 2. The maximum absolute atomic E-state index is 11.9. The van der Waals surface area contributed by atoms with Crippen LogP contribution in [0, 0.1) is 0 Å². The van der Waals surface area contributed by atoms with Gasteiger partial charge in [0.1, 0.15) is 5.52 Å². The Bertz CT molecular complexity index is 1070. The van der Waals surface area contributed by atoms with Gasteiger partial charge in [-0.15, -0.1) is 13.2 Å². The molecule has 4 N–H and O–H groups in total. The van der Waals surface area contributed by atoms with Gasteiger partial charge in [-0.2, -0.15) is 0 Å². The van der Waals surface area contributed by atoms with E-state index in [1.807, 2.05) is 12.1 Å². The monoisotopic (exact) mass is 419 g/mol. The molecule has 2 amide bonds. The van der Waals surface area contributed by atoms with Gasteiger partial charge in [-0.3, -0.25) is 9.59 Å². The van der Waals surface area contributed by atoms with E-state index >= 15 is 0 Å². The topological polar surface area (TPSA) is 108 Å². The van der Waals surface area contributed by atoms with Gasteiger partial charge < -0.3 is 25.7 Å². The number of fused-ring (bicyclic) bond motifs is 1. The van der Waals surface area contributed by atoms with Gasteiger partial charge in [0.2, 0.25) is 17.7 Å². The van der Waals surface area contributed by atoms with Crippen LogP contribution in [-0.4, -0.2) is 43.0 Å². The molecule has 31 heavy (non-hydrogen) atoms. The number of rotatable bonds is 11. The molecule has 1 heterocycles. The summed E-state index contributed by atoms with van der Waals surface area (Å²) in [5.74, 6) is 0.171. The second-order valence-corrected chi connectivity index (χ2v) is 6.71. The van der Waals surface area contributed by atoms with Gasteiger partial charge in [0, 0.05) is 30.0 Å². The van der Waals surface area contributed by atoms with Crippen LogP contribution in [0.4, 0.5) is 11.4 Å². The summed E-state index contributed by atoms with van der Waals surface area (Å²) in [5, 5.41) is 11.5. The van der Waals surface area contributed by atoms with E-state index < -0.39 is 0 Å². The third-order valence-electron chi connectivity index (χ3n) is 4.24. The molecule has 160 valence electrons. The van der Waals surface area contributed by atoms with E-state index in [0.717, 1.165) is 5.56 Å². The van der Waals surface area contributed by atoms with Crippen LogP contribution in [0.15, 0.2) is 72.2 Å². The first-order valence-corrected chi connectivity index (χ1v) is 9.83. The molecule has 0 atom stereocenters. The van der Waals surface area contributed by atoms with Crippen molar-refractivity contribution >= 4 is 34.3 Å². The average molecular weight is 419 g/mol. The first kappa shape index (κ1) is 21.9. The number of anilines is 2. The summed E-state index contributed by atoms with van der Waals surface area (Å²) in [6.45, 7) is 8.73. The van der Waals surface area contributed by atoms with E-state index in [0.29, 0.717) is 41.5 Å². The van der Waals surface area contributed by atoms with Crippen molar-refractivity contribution in [3.63, 3.8) is 0 Å². The van der Waals surface area contributed by atoms with Crippen LogP contribution in [0.5, 0.6) is 0 Å². The standard InChI is InChI=1S/C23H25N5O3/c1-3-11-24-14-21(29)26-17-7-5-16(6-8-17)23-28-19-13-18(9-10-20(19)31-23)27-22(30)15-25-12-4-2/h3-10,13,24-25H,1-2,11-12,14-15H2,(H,26,29)(H,27,30). The summed E-state index contributed by atoms with van der Waals surface area (Å²) in [5.41, 5.74) is 3.35. The van der Waals surface area contributed by atoms with E-state index in [1.165, 1.54) is 0 Å². The number of carbonyl (C=O) groups excluding carboxylic acids is 2. The zero-order chi connectivity index (χ0) is 22.1. The van der Waals surface area contributed by atoms with Crippen LogP contribution in [0.2, 0.25) is 0 Å². The smallest absolute Gasteiger partial charge is 0.238 e. The largest absolute Gasteiger partial charge is 0.436 e. The number of nitrogens with zero attached hydrogens (tertiary/aromatic N) is 1. The van der Waals surface area contributed by atoms with Gasteiger partial charge in [0.05, 0.1) is 13.1 Å². The van der Waals surface area contributed by atoms with Crippen LogP contribution in [0.25, 0.3) is 22.6 Å². The molecular weight excluding hydrogens is 394 g/mol. The summed E-state index contributed by atoms with van der Waals surface area (Å²) in [7, 11) is 0. The van der Waals surface area contributed by atoms with Crippen LogP contribution in [0.1, 0.15) is 0 Å². The van der Waals surface area contributed by atoms with Crippen molar-refractivity contribution in [1.82, 2.24) is 15.6 Å². The lowest BCUT2D eigenvalue weighted by molar-refractivity contribution is -0.116. The van der Waals surface area contributed by atoms with Crippen LogP contribution in [-0.2, 0) is 9.59 Å². The third kappa shape index (κ3) is 6.36. The number of aromatic nitrogens is 1. The Balaban J connectivity index is 1.64. The molecule has 0 bridgehead atoms. The van der Waals surface area contributed by atoms with E-state index in [-0.39, 0.29) is 24.9 Å². The van der Waals surface area contributed by atoms with Gasteiger partial charge in [0.25, 0.3) is 0 Å². The summed E-state index contributed by atoms with van der Waals surface area (Å²) < 4.78 is 5.83. The normalized spacial score (nSPS) is 10.6. The van der Waals surface area contributed by atoms with Crippen LogP contribution in [0.3, 0.4) is 0 Å². The lowest BCUT2D eigenvalue weighted by Crippen LogP contribution is -2.28. The summed E-state index contributed by atoms with van der Waals surface area (Å²) in [4.78, 5) is 28.3. The zero-order valence-electron chi connectivity index (χ0n) is 17.1. The van der Waals surface area contributed by atoms with Crippen LogP contribution >= 0.6 is 0 Å². The Morgan fingerprint density at radius 2 is 1.45 bits per heavy atom. The number of hydrogen-bond acceptors (Lipinski definition) is 6. The van der Waals surface area contributed by atoms with Gasteiger partial charge in [0.15, 0.2) is 5.58 Å². The minimum atomic E-state index is -0.151. The lowest BCUT2D eigenvalue weighted by Gasteiger charge is -2.06. The fourth-order valence-electron chi connectivity index (χ4n) is 2.81. The molecule has 0 saturated heterocycles. The molecular formula is C23H25N5O3. The maximum atomic E-state index is 11.9. The van der Waals surface area contributed by atoms with Gasteiger partial charge in [-0.1, -0.05) is 12.2 Å². The van der Waals surface area contributed by atoms with Crippen LogP contribution < -0.4 is 21.3 Å². The molecule has 0 aliphatic rings. The fraction of sp³-hybridized carbons (Fsp3) is 0.174. The van der Waals surface area contributed by atoms with Gasteiger partial charge in [-0.05, 0) is 42.5 Å². The predicted octanol–water partition coefficient (Wildman–Crippen LogP) is 2.92. The third-order valence-corrected chi connectivity index (χ3v) is 4.24. The SMILES string of the molecule is C=CCNCC(=O)Nc1ccc(-c2nc3cc(NC(=O)CNCC=C)ccc3o2)cc1. The molecule has 0 unspecified atom stereocenters. The second kappa shape index (κ2) is 10.9. The zero-order valence-corrected chi connectivity index (χ0v) is 17.1. The Labute approximate surface area is 180 Å². The van der Waals surface area contributed by atoms with Crippen molar-refractivity contribution < 1.29 is 14.0 Å². The van der Waals surface area contributed by atoms with Gasteiger partial charge >= 0.3 is 0 Å². The quantitative estimate of drug-likeness (QED) is 0.281. The minimum absolute atomic E-state index is 0.134. The lowest BCUT2D eigenvalue weighted by atomic mass is 10.2. The molecule has 0 aliphatic carbocycles. The molecule has 8 heteroatoms. The second-order valence-electron chi connectivity index (χ2n) is 6.71. The highest BCUT2D eigenvalue weighted by Crippen LogP contribution is 2.27. The average Bonchev–Trinajstić information content (AvgIpc) is 3.18. The number of hydrogen-bond donors (Lipinski definition) is 4. The fourth-order valence-corrected chi connectivity index (χ4v) is 2.81. The molecule has 1 aromatic heterocycles. The highest BCUT2D eigenvalue weighted by molar-refractivity contribution is 5.94. The molecule has 3 rings (SSSR count). The number of carbonyl (C=O) groups is 2. The summed E-state index contributed by atoms with van der Waals surface area (Å²) in [6.07, 6.45) is 3.39. The molecule has 0 aliphatic heterocycles. The van der Waals surface area contributed by atoms with Crippen molar-refractivity contribution in [3.8, 4) is 11.5 Å². The van der Waals surface area contributed by atoms with Crippen molar-refractivity contribution in [2.24, 2.45) is 0 Å². The Kier molecular flexibility index (Phi) is 7.69. The van der Waals surface area contributed by atoms with Crippen molar-refractivity contribution in [1.29, 1.82) is 0 Å². The maximum Gasteiger partial charge on any atom is 0.238 e. The van der Waals surface area contributed by atoms with E-state index in [2.05, 4.69) is 39.4 Å². The first-order valence-electron chi connectivity index (χ1n) is 9.83. The first-order chi connectivity index (χ1) is 15.1. The van der Waals surface area contributed by atoms with Crippen molar-refractivity contribution in [2.45, 2.75) is 0 Å². The summed E-state index contributed by atoms with van der Waals surface area (Å²) in [6, 6.07) is 12.5.